The first-order chi connectivity index (χ1) is 9.16. The number of hydrogen-bond donors (Lipinski definition) is 0. The molecule has 0 aromatic heterocycles. The Labute approximate surface area is 117 Å². The normalized spacial score (nSPS) is 10.9. The summed E-state index contributed by atoms with van der Waals surface area (Å²) in [5.74, 6) is -1.28. The molecule has 19 heavy (non-hydrogen) atoms. The lowest BCUT2D eigenvalue weighted by Gasteiger charge is -2.02. The standard InChI is InChI=1S/C14H10BrF2NO/c15-11-6-4-10(5-7-11)8-18-19-9-12-13(16)2-1-3-14(12)17/h1-8H,9H2. The minimum Gasteiger partial charge on any atom is -0.391 e. The molecule has 0 spiro atoms. The van der Waals surface area contributed by atoms with Crippen LogP contribution in [0.3, 0.4) is 0 Å². The van der Waals surface area contributed by atoms with Crippen molar-refractivity contribution in [2.75, 3.05) is 0 Å². The second kappa shape index (κ2) is 6.43. The summed E-state index contributed by atoms with van der Waals surface area (Å²) >= 11 is 3.31. The molecule has 2 nitrogen and oxygen atoms in total. The number of nitrogens with zero attached hydrogens (tertiary/aromatic N) is 1. The Morgan fingerprint density at radius 2 is 1.68 bits per heavy atom. The van der Waals surface area contributed by atoms with Crippen molar-refractivity contribution in [1.82, 2.24) is 0 Å². The average Bonchev–Trinajstić information content (AvgIpc) is 2.39. The summed E-state index contributed by atoms with van der Waals surface area (Å²) in [4.78, 5) is 4.89. The molecule has 2 aromatic carbocycles. The van der Waals surface area contributed by atoms with E-state index < -0.39 is 11.6 Å². The van der Waals surface area contributed by atoms with E-state index in [0.29, 0.717) is 0 Å². The summed E-state index contributed by atoms with van der Waals surface area (Å²) in [6, 6.07) is 11.1. The van der Waals surface area contributed by atoms with Crippen molar-refractivity contribution in [1.29, 1.82) is 0 Å². The van der Waals surface area contributed by atoms with Crippen LogP contribution in [-0.2, 0) is 11.4 Å². The maximum atomic E-state index is 13.3. The molecule has 0 N–H and O–H groups in total. The fourth-order valence-corrected chi connectivity index (χ4v) is 1.68. The van der Waals surface area contributed by atoms with Crippen LogP contribution >= 0.6 is 15.9 Å². The van der Waals surface area contributed by atoms with Gasteiger partial charge in [0.25, 0.3) is 0 Å². The van der Waals surface area contributed by atoms with Crippen LogP contribution in [0.4, 0.5) is 8.78 Å². The maximum Gasteiger partial charge on any atom is 0.147 e. The van der Waals surface area contributed by atoms with Crippen molar-refractivity contribution in [2.45, 2.75) is 6.61 Å². The summed E-state index contributed by atoms with van der Waals surface area (Å²) in [5, 5.41) is 3.68. The molecule has 0 heterocycles. The van der Waals surface area contributed by atoms with Crippen LogP contribution in [0, 0.1) is 11.6 Å². The van der Waals surface area contributed by atoms with Crippen LogP contribution < -0.4 is 0 Å². The Balaban J connectivity index is 1.95. The Morgan fingerprint density at radius 1 is 1.05 bits per heavy atom. The van der Waals surface area contributed by atoms with Gasteiger partial charge in [0, 0.05) is 4.47 Å². The number of hydrogen-bond acceptors (Lipinski definition) is 2. The summed E-state index contributed by atoms with van der Waals surface area (Å²) in [7, 11) is 0. The molecule has 0 saturated carbocycles. The Bertz CT molecular complexity index is 564. The van der Waals surface area contributed by atoms with Gasteiger partial charge in [-0.2, -0.15) is 0 Å². The van der Waals surface area contributed by atoms with E-state index in [-0.39, 0.29) is 12.2 Å². The third kappa shape index (κ3) is 3.86. The highest BCUT2D eigenvalue weighted by Gasteiger charge is 2.07. The lowest BCUT2D eigenvalue weighted by molar-refractivity contribution is 0.126. The highest BCUT2D eigenvalue weighted by molar-refractivity contribution is 9.10. The predicted molar refractivity (Wildman–Crippen MR) is 72.9 cm³/mol. The number of oxime groups is 1. The predicted octanol–water partition coefficient (Wildman–Crippen LogP) is 4.28. The first-order valence-corrected chi connectivity index (χ1v) is 6.30. The zero-order valence-corrected chi connectivity index (χ0v) is 11.4. The highest BCUT2D eigenvalue weighted by atomic mass is 79.9. The van der Waals surface area contributed by atoms with Gasteiger partial charge in [-0.1, -0.05) is 39.3 Å². The Morgan fingerprint density at radius 3 is 2.32 bits per heavy atom. The van der Waals surface area contributed by atoms with Gasteiger partial charge in [-0.15, -0.1) is 0 Å². The molecule has 0 unspecified atom stereocenters. The van der Waals surface area contributed by atoms with Gasteiger partial charge in [-0.25, -0.2) is 8.78 Å². The van der Waals surface area contributed by atoms with Crippen molar-refractivity contribution >= 4 is 22.1 Å². The van der Waals surface area contributed by atoms with Gasteiger partial charge in [0.1, 0.15) is 18.2 Å². The van der Waals surface area contributed by atoms with E-state index in [9.17, 15) is 8.78 Å². The van der Waals surface area contributed by atoms with Crippen LogP contribution in [-0.4, -0.2) is 6.21 Å². The van der Waals surface area contributed by atoms with Gasteiger partial charge in [0.05, 0.1) is 11.8 Å². The number of halogens is 3. The molecular formula is C14H10BrF2NO. The van der Waals surface area contributed by atoms with Crippen LogP contribution in [0.25, 0.3) is 0 Å². The molecule has 98 valence electrons. The summed E-state index contributed by atoms with van der Waals surface area (Å²) < 4.78 is 27.5. The molecule has 0 fully saturated rings. The van der Waals surface area contributed by atoms with Crippen LogP contribution in [0.1, 0.15) is 11.1 Å². The van der Waals surface area contributed by atoms with E-state index in [4.69, 9.17) is 4.84 Å². The largest absolute Gasteiger partial charge is 0.391 e. The van der Waals surface area contributed by atoms with Crippen molar-refractivity contribution in [3.63, 3.8) is 0 Å². The van der Waals surface area contributed by atoms with Crippen LogP contribution in [0.2, 0.25) is 0 Å². The van der Waals surface area contributed by atoms with Crippen molar-refractivity contribution in [3.8, 4) is 0 Å². The van der Waals surface area contributed by atoms with Crippen LogP contribution in [0.15, 0.2) is 52.1 Å². The van der Waals surface area contributed by atoms with Gasteiger partial charge < -0.3 is 4.84 Å². The molecule has 0 saturated heterocycles. The summed E-state index contributed by atoms with van der Waals surface area (Å²) in [5.41, 5.74) is 0.702. The van der Waals surface area contributed by atoms with E-state index in [1.165, 1.54) is 24.4 Å². The second-order valence-electron chi connectivity index (χ2n) is 3.76. The first-order valence-electron chi connectivity index (χ1n) is 5.50. The molecule has 5 heteroatoms. The molecule has 0 aliphatic carbocycles. The minimum atomic E-state index is -0.640. The molecule has 0 radical (unpaired) electrons. The van der Waals surface area contributed by atoms with Gasteiger partial charge in [-0.3, -0.25) is 0 Å². The third-order valence-corrected chi connectivity index (χ3v) is 2.95. The smallest absolute Gasteiger partial charge is 0.147 e. The Kier molecular flexibility index (Phi) is 4.63. The fourth-order valence-electron chi connectivity index (χ4n) is 1.42. The molecule has 2 aromatic rings. The van der Waals surface area contributed by atoms with E-state index in [1.807, 2.05) is 24.3 Å². The van der Waals surface area contributed by atoms with E-state index in [1.54, 1.807) is 0 Å². The van der Waals surface area contributed by atoms with E-state index >= 15 is 0 Å². The zero-order chi connectivity index (χ0) is 13.7. The van der Waals surface area contributed by atoms with Crippen molar-refractivity contribution in [2.24, 2.45) is 5.16 Å². The summed E-state index contributed by atoms with van der Waals surface area (Å²) in [6.07, 6.45) is 1.48. The van der Waals surface area contributed by atoms with Gasteiger partial charge >= 0.3 is 0 Å². The summed E-state index contributed by atoms with van der Waals surface area (Å²) in [6.45, 7) is -0.245. The minimum absolute atomic E-state index is 0.129. The lowest BCUT2D eigenvalue weighted by Crippen LogP contribution is -1.96. The Hall–Kier alpha value is -1.75. The number of rotatable bonds is 4. The molecule has 0 bridgehead atoms. The molecule has 0 amide bonds. The molecule has 0 aliphatic rings. The van der Waals surface area contributed by atoms with Gasteiger partial charge in [0.15, 0.2) is 0 Å². The van der Waals surface area contributed by atoms with Gasteiger partial charge in [0.2, 0.25) is 0 Å². The zero-order valence-electron chi connectivity index (χ0n) is 9.82. The number of benzene rings is 2. The molecule has 2 rings (SSSR count). The van der Waals surface area contributed by atoms with Crippen molar-refractivity contribution < 1.29 is 13.6 Å². The monoisotopic (exact) mass is 325 g/mol. The lowest BCUT2D eigenvalue weighted by atomic mass is 10.2. The van der Waals surface area contributed by atoms with E-state index in [0.717, 1.165) is 10.0 Å². The SMILES string of the molecule is Fc1cccc(F)c1CON=Cc1ccc(Br)cc1. The maximum absolute atomic E-state index is 13.3. The second-order valence-corrected chi connectivity index (χ2v) is 4.68. The van der Waals surface area contributed by atoms with Crippen molar-refractivity contribution in [3.05, 3.63) is 69.7 Å². The molecule has 0 aliphatic heterocycles. The average molecular weight is 326 g/mol. The first kappa shape index (κ1) is 13.7. The molecular weight excluding hydrogens is 316 g/mol. The van der Waals surface area contributed by atoms with E-state index in [2.05, 4.69) is 21.1 Å². The van der Waals surface area contributed by atoms with Gasteiger partial charge in [-0.05, 0) is 29.8 Å². The quantitative estimate of drug-likeness (QED) is 0.607. The fraction of sp³-hybridized carbons (Fsp3) is 0.0714. The third-order valence-electron chi connectivity index (χ3n) is 2.42. The topological polar surface area (TPSA) is 21.6 Å². The molecule has 0 atom stereocenters. The highest BCUT2D eigenvalue weighted by Crippen LogP contribution is 2.13. The van der Waals surface area contributed by atoms with Crippen LogP contribution in [0.5, 0.6) is 0 Å².